The van der Waals surface area contributed by atoms with Gasteiger partial charge >= 0.3 is 0 Å². The van der Waals surface area contributed by atoms with Crippen molar-refractivity contribution in [3.63, 3.8) is 0 Å². The average Bonchev–Trinajstić information content (AvgIpc) is 2.09. The van der Waals surface area contributed by atoms with Crippen LogP contribution in [-0.4, -0.2) is 51.9 Å². The Morgan fingerprint density at radius 2 is 2.17 bits per heavy atom. The van der Waals surface area contributed by atoms with Gasteiger partial charge in [0.1, 0.15) is 17.6 Å². The number of ether oxygens (including phenoxy) is 1. The highest BCUT2D eigenvalue weighted by Gasteiger charge is 2.35. The predicted molar refractivity (Wildman–Crippen MR) is 45.9 cm³/mol. The maximum atomic E-state index is 9.33. The summed E-state index contributed by atoms with van der Waals surface area (Å²) in [4.78, 5) is 0. The molecule has 1 rings (SSSR count). The van der Waals surface area contributed by atoms with E-state index in [4.69, 9.17) is 9.84 Å². The zero-order chi connectivity index (χ0) is 9.14. The van der Waals surface area contributed by atoms with Gasteiger partial charge in [-0.3, -0.25) is 0 Å². The maximum Gasteiger partial charge on any atom is 0.110 e. The first-order valence-electron chi connectivity index (χ1n) is 3.84. The molecule has 0 aromatic rings. The van der Waals surface area contributed by atoms with Crippen LogP contribution in [0.3, 0.4) is 0 Å². The van der Waals surface area contributed by atoms with E-state index in [0.29, 0.717) is 6.42 Å². The molecule has 1 aliphatic rings. The molecule has 0 aromatic carbocycles. The van der Waals surface area contributed by atoms with Gasteiger partial charge in [0, 0.05) is 6.42 Å². The first-order valence-corrected chi connectivity index (χ1v) is 5.13. The molecule has 4 nitrogen and oxygen atoms in total. The smallest absolute Gasteiger partial charge is 0.110 e. The second kappa shape index (κ2) is 4.43. The van der Waals surface area contributed by atoms with Crippen molar-refractivity contribution in [2.75, 3.05) is 12.9 Å². The Bertz CT molecular complexity index is 143. The van der Waals surface area contributed by atoms with Crippen molar-refractivity contribution in [2.45, 2.75) is 30.2 Å². The molecule has 1 aliphatic heterocycles. The van der Waals surface area contributed by atoms with Crippen molar-refractivity contribution in [3.8, 4) is 0 Å². The Hall–Kier alpha value is 0.190. The molecular weight excluding hydrogens is 180 g/mol. The Balaban J connectivity index is 2.52. The molecule has 4 atom stereocenters. The lowest BCUT2D eigenvalue weighted by Crippen LogP contribution is -2.48. The third-order valence-electron chi connectivity index (χ3n) is 1.98. The first kappa shape index (κ1) is 10.3. The van der Waals surface area contributed by atoms with E-state index >= 15 is 0 Å². The van der Waals surface area contributed by atoms with Crippen molar-refractivity contribution in [1.82, 2.24) is 0 Å². The Labute approximate surface area is 75.5 Å². The van der Waals surface area contributed by atoms with Crippen molar-refractivity contribution in [1.29, 1.82) is 0 Å². The summed E-state index contributed by atoms with van der Waals surface area (Å²) in [5.74, 6) is 0. The molecule has 1 saturated heterocycles. The standard InChI is InChI=1S/C7H14O4S/c1-12-6-2-4(9)7(10)5(3-8)11-6/h4-10H,2-3H2,1H3. The molecule has 0 spiro atoms. The Kier molecular flexibility index (Phi) is 3.79. The fraction of sp³-hybridized carbons (Fsp3) is 1.00. The van der Waals surface area contributed by atoms with Gasteiger partial charge in [0.15, 0.2) is 0 Å². The van der Waals surface area contributed by atoms with E-state index in [-0.39, 0.29) is 12.0 Å². The second-order valence-corrected chi connectivity index (χ2v) is 3.81. The molecule has 72 valence electrons. The van der Waals surface area contributed by atoms with Crippen LogP contribution < -0.4 is 0 Å². The van der Waals surface area contributed by atoms with E-state index < -0.39 is 18.3 Å². The lowest BCUT2D eigenvalue weighted by molar-refractivity contribution is -0.157. The molecule has 5 heteroatoms. The van der Waals surface area contributed by atoms with Crippen LogP contribution in [0.1, 0.15) is 6.42 Å². The highest BCUT2D eigenvalue weighted by molar-refractivity contribution is 7.99. The van der Waals surface area contributed by atoms with Crippen molar-refractivity contribution < 1.29 is 20.1 Å². The highest BCUT2D eigenvalue weighted by atomic mass is 32.2. The minimum Gasteiger partial charge on any atom is -0.394 e. The second-order valence-electron chi connectivity index (χ2n) is 2.82. The lowest BCUT2D eigenvalue weighted by Gasteiger charge is -2.35. The fourth-order valence-electron chi connectivity index (χ4n) is 1.22. The van der Waals surface area contributed by atoms with Crippen molar-refractivity contribution in [3.05, 3.63) is 0 Å². The van der Waals surface area contributed by atoms with Gasteiger partial charge in [0.25, 0.3) is 0 Å². The third-order valence-corrected chi connectivity index (χ3v) is 2.81. The molecule has 1 fully saturated rings. The van der Waals surface area contributed by atoms with Gasteiger partial charge in [-0.15, -0.1) is 11.8 Å². The van der Waals surface area contributed by atoms with Crippen LogP contribution in [0.4, 0.5) is 0 Å². The quantitative estimate of drug-likeness (QED) is 0.536. The van der Waals surface area contributed by atoms with Crippen LogP contribution in [0.25, 0.3) is 0 Å². The number of aliphatic hydroxyl groups is 3. The van der Waals surface area contributed by atoms with E-state index in [0.717, 1.165) is 0 Å². The number of aliphatic hydroxyl groups excluding tert-OH is 3. The van der Waals surface area contributed by atoms with Crippen LogP contribution in [0.2, 0.25) is 0 Å². The van der Waals surface area contributed by atoms with E-state index in [1.54, 1.807) is 0 Å². The van der Waals surface area contributed by atoms with E-state index in [1.807, 2.05) is 6.26 Å². The SMILES string of the molecule is CSC1CC(O)C(O)C(CO)O1. The van der Waals surface area contributed by atoms with Gasteiger partial charge < -0.3 is 20.1 Å². The molecule has 0 bridgehead atoms. The van der Waals surface area contributed by atoms with Gasteiger partial charge in [0.2, 0.25) is 0 Å². The molecular formula is C7H14O4S. The molecule has 0 aromatic heterocycles. The number of thioether (sulfide) groups is 1. The molecule has 0 amide bonds. The summed E-state index contributed by atoms with van der Waals surface area (Å²) >= 11 is 1.47. The zero-order valence-corrected chi connectivity index (χ0v) is 7.70. The van der Waals surface area contributed by atoms with E-state index in [1.165, 1.54) is 11.8 Å². The van der Waals surface area contributed by atoms with E-state index in [2.05, 4.69) is 0 Å². The molecule has 3 N–H and O–H groups in total. The molecule has 0 saturated carbocycles. The molecule has 0 aliphatic carbocycles. The summed E-state index contributed by atoms with van der Waals surface area (Å²) in [6, 6.07) is 0. The fourth-order valence-corrected chi connectivity index (χ4v) is 1.86. The molecule has 1 heterocycles. The predicted octanol–water partition coefficient (Wildman–Crippen LogP) is -0.822. The first-order chi connectivity index (χ1) is 5.69. The van der Waals surface area contributed by atoms with Gasteiger partial charge in [-0.2, -0.15) is 0 Å². The summed E-state index contributed by atoms with van der Waals surface area (Å²) in [6.45, 7) is -0.255. The minimum atomic E-state index is -0.960. The molecule has 4 unspecified atom stereocenters. The maximum absolute atomic E-state index is 9.33. The third kappa shape index (κ3) is 2.11. The summed E-state index contributed by atoms with van der Waals surface area (Å²) < 4.78 is 5.27. The van der Waals surface area contributed by atoms with Gasteiger partial charge in [0.05, 0.1) is 12.7 Å². The van der Waals surface area contributed by atoms with Gasteiger partial charge in [-0.05, 0) is 6.26 Å². The van der Waals surface area contributed by atoms with Crippen LogP contribution >= 0.6 is 11.8 Å². The lowest BCUT2D eigenvalue weighted by atomic mass is 10.0. The normalized spacial score (nSPS) is 43.0. The van der Waals surface area contributed by atoms with Crippen molar-refractivity contribution >= 4 is 11.8 Å². The summed E-state index contributed by atoms with van der Waals surface area (Å²) in [5.41, 5.74) is -0.124. The zero-order valence-electron chi connectivity index (χ0n) is 6.88. The summed E-state index contributed by atoms with van der Waals surface area (Å²) in [6.07, 6.45) is -0.111. The molecule has 12 heavy (non-hydrogen) atoms. The largest absolute Gasteiger partial charge is 0.394 e. The summed E-state index contributed by atoms with van der Waals surface area (Å²) in [5, 5.41) is 27.4. The molecule has 0 radical (unpaired) electrons. The van der Waals surface area contributed by atoms with Crippen LogP contribution in [0, 0.1) is 0 Å². The number of hydrogen-bond acceptors (Lipinski definition) is 5. The van der Waals surface area contributed by atoms with Crippen LogP contribution in [0.15, 0.2) is 0 Å². The monoisotopic (exact) mass is 194 g/mol. The van der Waals surface area contributed by atoms with E-state index in [9.17, 15) is 10.2 Å². The van der Waals surface area contributed by atoms with Crippen molar-refractivity contribution in [2.24, 2.45) is 0 Å². The highest BCUT2D eigenvalue weighted by Crippen LogP contribution is 2.25. The number of hydrogen-bond donors (Lipinski definition) is 3. The van der Waals surface area contributed by atoms with Gasteiger partial charge in [-0.25, -0.2) is 0 Å². The average molecular weight is 194 g/mol. The number of rotatable bonds is 2. The minimum absolute atomic E-state index is 0.124. The topological polar surface area (TPSA) is 69.9 Å². The van der Waals surface area contributed by atoms with Gasteiger partial charge in [-0.1, -0.05) is 0 Å². The summed E-state index contributed by atoms with van der Waals surface area (Å²) in [7, 11) is 0. The Morgan fingerprint density at radius 3 is 2.67 bits per heavy atom. The Morgan fingerprint density at radius 1 is 1.50 bits per heavy atom. The van der Waals surface area contributed by atoms with Crippen LogP contribution in [0.5, 0.6) is 0 Å². The van der Waals surface area contributed by atoms with Crippen LogP contribution in [-0.2, 0) is 4.74 Å².